The number of rotatable bonds is 4. The van der Waals surface area contributed by atoms with E-state index in [0.717, 1.165) is 4.47 Å². The van der Waals surface area contributed by atoms with Gasteiger partial charge in [-0.05, 0) is 28.1 Å². The molecule has 4 nitrogen and oxygen atoms in total. The molecule has 0 saturated heterocycles. The van der Waals surface area contributed by atoms with Gasteiger partial charge in [0.1, 0.15) is 11.5 Å². The fraction of sp³-hybridized carbons (Fsp3) is 0.400. The van der Waals surface area contributed by atoms with Gasteiger partial charge in [0.25, 0.3) is 0 Å². The maximum absolute atomic E-state index is 9.03. The Morgan fingerprint density at radius 1 is 1.40 bits per heavy atom. The molecule has 1 atom stereocenters. The number of ether oxygens (including phenoxy) is 2. The topological polar surface area (TPSA) is 64.7 Å². The second-order valence-electron chi connectivity index (χ2n) is 3.02. The summed E-state index contributed by atoms with van der Waals surface area (Å²) < 4.78 is 11.1. The van der Waals surface area contributed by atoms with Crippen LogP contribution in [0.5, 0.6) is 11.5 Å². The molecule has 1 unspecified atom stereocenters. The van der Waals surface area contributed by atoms with Crippen LogP contribution in [0.25, 0.3) is 0 Å². The SMILES string of the molecule is COc1cc(Br)c(OC)c(C(N)CO)c1. The molecule has 1 aromatic carbocycles. The molecular formula is C10H14BrNO3. The average Bonchev–Trinajstić information content (AvgIpc) is 2.26. The van der Waals surface area contributed by atoms with Gasteiger partial charge in [-0.25, -0.2) is 0 Å². The minimum atomic E-state index is -0.480. The first-order valence-corrected chi connectivity index (χ1v) is 5.21. The molecule has 5 heteroatoms. The van der Waals surface area contributed by atoms with Crippen molar-refractivity contribution < 1.29 is 14.6 Å². The van der Waals surface area contributed by atoms with Crippen LogP contribution >= 0.6 is 15.9 Å². The van der Waals surface area contributed by atoms with Crippen LogP contribution in [0.15, 0.2) is 16.6 Å². The minimum absolute atomic E-state index is 0.143. The van der Waals surface area contributed by atoms with Crippen LogP contribution < -0.4 is 15.2 Å². The molecule has 0 saturated carbocycles. The highest BCUT2D eigenvalue weighted by atomic mass is 79.9. The smallest absolute Gasteiger partial charge is 0.138 e. The van der Waals surface area contributed by atoms with E-state index < -0.39 is 6.04 Å². The molecule has 0 aliphatic heterocycles. The summed E-state index contributed by atoms with van der Waals surface area (Å²) in [5.41, 5.74) is 6.47. The fourth-order valence-electron chi connectivity index (χ4n) is 1.30. The van der Waals surface area contributed by atoms with Crippen LogP contribution in [-0.4, -0.2) is 25.9 Å². The molecule has 0 aliphatic rings. The Balaban J connectivity index is 3.25. The monoisotopic (exact) mass is 275 g/mol. The maximum Gasteiger partial charge on any atom is 0.138 e. The molecule has 0 spiro atoms. The molecule has 84 valence electrons. The fourth-order valence-corrected chi connectivity index (χ4v) is 1.91. The predicted molar refractivity (Wildman–Crippen MR) is 61.3 cm³/mol. The summed E-state index contributed by atoms with van der Waals surface area (Å²) in [6.07, 6.45) is 0. The van der Waals surface area contributed by atoms with Gasteiger partial charge in [0.05, 0.1) is 31.3 Å². The average molecular weight is 276 g/mol. The van der Waals surface area contributed by atoms with Gasteiger partial charge >= 0.3 is 0 Å². The Kier molecular flexibility index (Phi) is 4.38. The third-order valence-corrected chi connectivity index (χ3v) is 2.67. The van der Waals surface area contributed by atoms with E-state index in [1.165, 1.54) is 0 Å². The second kappa shape index (κ2) is 5.34. The number of hydrogen-bond donors (Lipinski definition) is 2. The van der Waals surface area contributed by atoms with Crippen LogP contribution in [0, 0.1) is 0 Å². The number of aliphatic hydroxyl groups is 1. The number of benzene rings is 1. The first-order chi connectivity index (χ1) is 7.13. The number of nitrogens with two attached hydrogens (primary N) is 1. The Morgan fingerprint density at radius 3 is 2.53 bits per heavy atom. The molecule has 3 N–H and O–H groups in total. The van der Waals surface area contributed by atoms with Crippen molar-refractivity contribution in [3.63, 3.8) is 0 Å². The zero-order valence-corrected chi connectivity index (χ0v) is 10.2. The number of methoxy groups -OCH3 is 2. The van der Waals surface area contributed by atoms with Gasteiger partial charge in [0.2, 0.25) is 0 Å². The van der Waals surface area contributed by atoms with Crippen LogP contribution in [0.2, 0.25) is 0 Å². The quantitative estimate of drug-likeness (QED) is 0.873. The minimum Gasteiger partial charge on any atom is -0.497 e. The molecule has 0 aliphatic carbocycles. The van der Waals surface area contributed by atoms with Crippen molar-refractivity contribution in [1.82, 2.24) is 0 Å². The maximum atomic E-state index is 9.03. The molecule has 0 fully saturated rings. The largest absolute Gasteiger partial charge is 0.497 e. The molecule has 0 radical (unpaired) electrons. The van der Waals surface area contributed by atoms with E-state index in [4.69, 9.17) is 20.3 Å². The Hall–Kier alpha value is -0.780. The van der Waals surface area contributed by atoms with Crippen LogP contribution in [-0.2, 0) is 0 Å². The molecule has 15 heavy (non-hydrogen) atoms. The van der Waals surface area contributed by atoms with Gasteiger partial charge in [0.15, 0.2) is 0 Å². The lowest BCUT2D eigenvalue weighted by molar-refractivity contribution is 0.264. The van der Waals surface area contributed by atoms with Crippen LogP contribution in [0.4, 0.5) is 0 Å². The molecule has 0 amide bonds. The predicted octanol–water partition coefficient (Wildman–Crippen LogP) is 1.46. The lowest BCUT2D eigenvalue weighted by atomic mass is 10.1. The van der Waals surface area contributed by atoms with Gasteiger partial charge in [0, 0.05) is 5.56 Å². The van der Waals surface area contributed by atoms with E-state index in [9.17, 15) is 0 Å². The lowest BCUT2D eigenvalue weighted by Crippen LogP contribution is -2.15. The van der Waals surface area contributed by atoms with Gasteiger partial charge in [-0.15, -0.1) is 0 Å². The van der Waals surface area contributed by atoms with E-state index in [2.05, 4.69) is 15.9 Å². The summed E-state index contributed by atoms with van der Waals surface area (Å²) in [6, 6.07) is 3.06. The first-order valence-electron chi connectivity index (χ1n) is 4.41. The molecule has 0 aromatic heterocycles. The van der Waals surface area contributed by atoms with Crippen molar-refractivity contribution in [2.24, 2.45) is 5.73 Å². The third kappa shape index (κ3) is 2.62. The molecule has 0 bridgehead atoms. The standard InChI is InChI=1S/C10H14BrNO3/c1-14-6-3-7(9(12)5-13)10(15-2)8(11)4-6/h3-4,9,13H,5,12H2,1-2H3. The second-order valence-corrected chi connectivity index (χ2v) is 3.88. The Bertz CT molecular complexity index is 344. The lowest BCUT2D eigenvalue weighted by Gasteiger charge is -2.16. The third-order valence-electron chi connectivity index (χ3n) is 2.08. The van der Waals surface area contributed by atoms with E-state index >= 15 is 0 Å². The van der Waals surface area contributed by atoms with Gasteiger partial charge in [-0.1, -0.05) is 0 Å². The van der Waals surface area contributed by atoms with Crippen LogP contribution in [0.1, 0.15) is 11.6 Å². The number of hydrogen-bond acceptors (Lipinski definition) is 4. The summed E-state index contributed by atoms with van der Waals surface area (Å²) in [6.45, 7) is -0.143. The van der Waals surface area contributed by atoms with E-state index in [-0.39, 0.29) is 6.61 Å². The van der Waals surface area contributed by atoms with E-state index in [1.54, 1.807) is 26.4 Å². The normalized spacial score (nSPS) is 12.3. The van der Waals surface area contributed by atoms with Gasteiger partial charge < -0.3 is 20.3 Å². The Labute approximate surface area is 97.1 Å². The van der Waals surface area contributed by atoms with Crippen molar-refractivity contribution in [3.05, 3.63) is 22.2 Å². The van der Waals surface area contributed by atoms with E-state index in [1.807, 2.05) is 0 Å². The summed E-state index contributed by atoms with van der Waals surface area (Å²) in [5.74, 6) is 1.29. The van der Waals surface area contributed by atoms with Gasteiger partial charge in [-0.2, -0.15) is 0 Å². The van der Waals surface area contributed by atoms with E-state index in [0.29, 0.717) is 17.1 Å². The highest BCUT2D eigenvalue weighted by molar-refractivity contribution is 9.10. The van der Waals surface area contributed by atoms with Crippen molar-refractivity contribution in [2.75, 3.05) is 20.8 Å². The summed E-state index contributed by atoms with van der Waals surface area (Å²) in [5, 5.41) is 9.03. The van der Waals surface area contributed by atoms with Crippen molar-refractivity contribution in [3.8, 4) is 11.5 Å². The molecule has 1 aromatic rings. The number of aliphatic hydroxyl groups excluding tert-OH is 1. The van der Waals surface area contributed by atoms with Crippen molar-refractivity contribution >= 4 is 15.9 Å². The zero-order valence-electron chi connectivity index (χ0n) is 8.66. The highest BCUT2D eigenvalue weighted by Gasteiger charge is 2.15. The first kappa shape index (κ1) is 12.3. The van der Waals surface area contributed by atoms with Gasteiger partial charge in [-0.3, -0.25) is 0 Å². The van der Waals surface area contributed by atoms with Crippen LogP contribution in [0.3, 0.4) is 0 Å². The number of halogens is 1. The summed E-state index contributed by atoms with van der Waals surface area (Å²) in [4.78, 5) is 0. The molecular weight excluding hydrogens is 262 g/mol. The molecule has 0 heterocycles. The zero-order chi connectivity index (χ0) is 11.4. The van der Waals surface area contributed by atoms with Crippen molar-refractivity contribution in [1.29, 1.82) is 0 Å². The summed E-state index contributed by atoms with van der Waals surface area (Å²) >= 11 is 3.35. The summed E-state index contributed by atoms with van der Waals surface area (Å²) in [7, 11) is 3.13. The van der Waals surface area contributed by atoms with Crippen molar-refractivity contribution in [2.45, 2.75) is 6.04 Å². The highest BCUT2D eigenvalue weighted by Crippen LogP contribution is 2.36. The Morgan fingerprint density at radius 2 is 2.07 bits per heavy atom. The molecule has 1 rings (SSSR count).